The summed E-state index contributed by atoms with van der Waals surface area (Å²) in [5.41, 5.74) is 2.08. The molecule has 200 valence electrons. The molecule has 0 bridgehead atoms. The Labute approximate surface area is 209 Å². The largest absolute Gasteiger partial charge is 0.509 e. The monoisotopic (exact) mass is 543 g/mol. The van der Waals surface area contributed by atoms with E-state index in [-0.39, 0.29) is 17.8 Å². The van der Waals surface area contributed by atoms with Gasteiger partial charge in [-0.1, -0.05) is 12.1 Å². The van der Waals surface area contributed by atoms with Crippen molar-refractivity contribution in [2.45, 2.75) is 62.9 Å². The molecule has 3 aliphatic heterocycles. The summed E-state index contributed by atoms with van der Waals surface area (Å²) in [5.74, 6) is -2.23. The predicted octanol–water partition coefficient (Wildman–Crippen LogP) is 3.38. The lowest BCUT2D eigenvalue weighted by Gasteiger charge is -2.39. The van der Waals surface area contributed by atoms with Crippen LogP contribution in [0.1, 0.15) is 45.1 Å². The molecule has 0 spiro atoms. The summed E-state index contributed by atoms with van der Waals surface area (Å²) in [6.07, 6.45) is -4.10. The summed E-state index contributed by atoms with van der Waals surface area (Å²) in [7, 11) is -4.37. The number of carbonyl (C=O) groups is 1. The molecule has 3 saturated heterocycles. The summed E-state index contributed by atoms with van der Waals surface area (Å²) in [6.45, 7) is 4.21. The topological polar surface area (TPSA) is 150 Å². The molecule has 3 aliphatic rings. The number of nitrogens with zero attached hydrogens (tertiary/aromatic N) is 2. The minimum atomic E-state index is -4.37. The molecule has 2 N–H and O–H groups in total. The lowest BCUT2D eigenvalue weighted by molar-refractivity contribution is -0.102. The number of fused-ring (bicyclic) bond motifs is 1. The molecule has 12 nitrogen and oxygen atoms in total. The fourth-order valence-corrected chi connectivity index (χ4v) is 6.39. The van der Waals surface area contributed by atoms with Gasteiger partial charge >= 0.3 is 19.7 Å². The molecule has 6 atom stereocenters. The van der Waals surface area contributed by atoms with Gasteiger partial charge in [-0.15, -0.1) is 0 Å². The van der Waals surface area contributed by atoms with Crippen molar-refractivity contribution in [3.8, 4) is 0 Å². The van der Waals surface area contributed by atoms with Crippen molar-refractivity contribution < 1.29 is 45.9 Å². The number of phosphoric acid groups is 1. The van der Waals surface area contributed by atoms with Crippen molar-refractivity contribution in [3.05, 3.63) is 58.1 Å². The van der Waals surface area contributed by atoms with Crippen molar-refractivity contribution in [2.24, 2.45) is 0 Å². The van der Waals surface area contributed by atoms with Crippen LogP contribution in [0.4, 0.5) is 19.4 Å². The van der Waals surface area contributed by atoms with E-state index in [1.807, 2.05) is 0 Å². The Hall–Kier alpha value is -2.90. The van der Waals surface area contributed by atoms with E-state index >= 15 is 0 Å². The van der Waals surface area contributed by atoms with Gasteiger partial charge in [0, 0.05) is 18.2 Å². The molecule has 0 radical (unpaired) electrons. The van der Waals surface area contributed by atoms with E-state index in [4.69, 9.17) is 33.5 Å². The van der Waals surface area contributed by atoms with Crippen LogP contribution < -0.4 is 11.4 Å². The van der Waals surface area contributed by atoms with Gasteiger partial charge in [-0.3, -0.25) is 18.1 Å². The highest BCUT2D eigenvalue weighted by molar-refractivity contribution is 7.48. The van der Waals surface area contributed by atoms with Gasteiger partial charge in [-0.2, -0.15) is 4.98 Å². The molecule has 2 aromatic rings. The van der Waals surface area contributed by atoms with Crippen molar-refractivity contribution in [2.75, 3.05) is 12.3 Å². The minimum Gasteiger partial charge on any atom is -0.424 e. The molecule has 1 aromatic carbocycles. The normalized spacial score (nSPS) is 34.6. The van der Waals surface area contributed by atoms with E-state index in [2.05, 4.69) is 4.98 Å². The zero-order chi connectivity index (χ0) is 26.8. The number of anilines is 1. The SMILES string of the molecule is CC1(C)CC(c2cccc(F)c2F)OP(=O)(OC[C@H]2O[C@@H](n3ccc(N)nc3=O)[C@]3(C)OC(=O)O[C@H]23)O1. The molecule has 2 unspecified atom stereocenters. The van der Waals surface area contributed by atoms with E-state index in [1.165, 1.54) is 31.3 Å². The Bertz CT molecular complexity index is 1350. The van der Waals surface area contributed by atoms with E-state index in [1.54, 1.807) is 13.8 Å². The molecule has 0 saturated carbocycles. The van der Waals surface area contributed by atoms with Gasteiger partial charge in [-0.05, 0) is 32.9 Å². The zero-order valence-electron chi connectivity index (χ0n) is 20.0. The third-order valence-electron chi connectivity index (χ3n) is 6.34. The first-order valence-electron chi connectivity index (χ1n) is 11.3. The van der Waals surface area contributed by atoms with Gasteiger partial charge in [0.15, 0.2) is 29.6 Å². The average molecular weight is 543 g/mol. The number of carbonyl (C=O) groups excluding carboxylic acids is 1. The lowest BCUT2D eigenvalue weighted by atomic mass is 9.96. The maximum absolute atomic E-state index is 14.5. The highest BCUT2D eigenvalue weighted by Gasteiger charge is 2.64. The summed E-state index contributed by atoms with van der Waals surface area (Å²) >= 11 is 0. The van der Waals surface area contributed by atoms with E-state index in [9.17, 15) is 22.9 Å². The number of ether oxygens (including phenoxy) is 3. The molecule has 15 heteroatoms. The van der Waals surface area contributed by atoms with E-state index < -0.39 is 73.7 Å². The Kier molecular flexibility index (Phi) is 6.15. The minimum absolute atomic E-state index is 0.0166. The van der Waals surface area contributed by atoms with Crippen LogP contribution in [0.25, 0.3) is 0 Å². The quantitative estimate of drug-likeness (QED) is 0.437. The first kappa shape index (κ1) is 25.7. The highest BCUT2D eigenvalue weighted by atomic mass is 31.2. The first-order chi connectivity index (χ1) is 17.3. The van der Waals surface area contributed by atoms with Crippen molar-refractivity contribution in [1.29, 1.82) is 0 Å². The van der Waals surface area contributed by atoms with Gasteiger partial charge in [0.25, 0.3) is 0 Å². The molecule has 37 heavy (non-hydrogen) atoms. The Morgan fingerprint density at radius 2 is 2.00 bits per heavy atom. The van der Waals surface area contributed by atoms with E-state index in [0.717, 1.165) is 10.6 Å². The molecular weight excluding hydrogens is 519 g/mol. The number of halogens is 2. The van der Waals surface area contributed by atoms with Crippen LogP contribution in [0.5, 0.6) is 0 Å². The molecule has 1 aromatic heterocycles. The second-order valence-electron chi connectivity index (χ2n) is 9.68. The standard InChI is InChI=1S/C22H24F2N3O9P/c1-21(2)9-13(11-5-4-6-12(23)16(11)24)35-37(30,36-21)31-10-14-17-22(3,34-20(29)33-17)18(32-14)27-8-7-15(25)26-19(27)28/h4-8,13-14,17-18H,9-10H2,1-3H3,(H2,25,26,28)/t13?,14-,17-,18-,22-,37?/m1/s1. The number of nitrogens with two attached hydrogens (primary N) is 1. The second kappa shape index (κ2) is 8.84. The van der Waals surface area contributed by atoms with Crippen molar-refractivity contribution >= 4 is 19.8 Å². The maximum Gasteiger partial charge on any atom is 0.509 e. The van der Waals surface area contributed by atoms with Gasteiger partial charge < -0.3 is 19.9 Å². The average Bonchev–Trinajstić information content (AvgIpc) is 3.22. The fourth-order valence-electron chi connectivity index (χ4n) is 4.72. The third-order valence-corrected chi connectivity index (χ3v) is 8.04. The summed E-state index contributed by atoms with van der Waals surface area (Å²) in [6, 6.07) is 4.94. The van der Waals surface area contributed by atoms with Gasteiger partial charge in [0.2, 0.25) is 0 Å². The maximum atomic E-state index is 14.5. The van der Waals surface area contributed by atoms with Crippen LogP contribution in [-0.4, -0.2) is 45.7 Å². The summed E-state index contributed by atoms with van der Waals surface area (Å²) in [4.78, 5) is 28.1. The van der Waals surface area contributed by atoms with Gasteiger partial charge in [0.1, 0.15) is 18.0 Å². The van der Waals surface area contributed by atoms with Crippen molar-refractivity contribution in [1.82, 2.24) is 9.55 Å². The van der Waals surface area contributed by atoms with Crippen molar-refractivity contribution in [3.63, 3.8) is 0 Å². The number of benzene rings is 1. The summed E-state index contributed by atoms with van der Waals surface area (Å²) < 4.78 is 76.0. The Balaban J connectivity index is 1.38. The second-order valence-corrected chi connectivity index (χ2v) is 11.2. The molecule has 0 aliphatic carbocycles. The smallest absolute Gasteiger partial charge is 0.424 e. The first-order valence-corrected chi connectivity index (χ1v) is 12.7. The zero-order valence-corrected chi connectivity index (χ0v) is 20.9. The molecule has 3 fully saturated rings. The van der Waals surface area contributed by atoms with Crippen LogP contribution >= 0.6 is 7.82 Å². The van der Waals surface area contributed by atoms with Crippen LogP contribution in [0, 0.1) is 11.6 Å². The lowest BCUT2D eigenvalue weighted by Crippen LogP contribution is -2.44. The number of hydrogen-bond acceptors (Lipinski definition) is 11. The number of rotatable bonds is 5. The van der Waals surface area contributed by atoms with Crippen LogP contribution in [0.15, 0.2) is 35.3 Å². The van der Waals surface area contributed by atoms with Crippen LogP contribution in [0.3, 0.4) is 0 Å². The molecule has 4 heterocycles. The fraction of sp³-hybridized carbons (Fsp3) is 0.500. The molecular formula is C22H24F2N3O9P. The van der Waals surface area contributed by atoms with Crippen LogP contribution in [-0.2, 0) is 32.3 Å². The van der Waals surface area contributed by atoms with E-state index in [0.29, 0.717) is 0 Å². The van der Waals surface area contributed by atoms with Gasteiger partial charge in [0.05, 0.1) is 12.2 Å². The highest BCUT2D eigenvalue weighted by Crippen LogP contribution is 2.62. The summed E-state index contributed by atoms with van der Waals surface area (Å²) in [5, 5.41) is 0. The van der Waals surface area contributed by atoms with Crippen LogP contribution in [0.2, 0.25) is 0 Å². The predicted molar refractivity (Wildman–Crippen MR) is 120 cm³/mol. The Morgan fingerprint density at radius 1 is 1.24 bits per heavy atom. The number of aromatic nitrogens is 2. The van der Waals surface area contributed by atoms with Gasteiger partial charge in [-0.25, -0.2) is 22.9 Å². The number of nitrogen functional groups attached to an aromatic ring is 1. The molecule has 0 amide bonds. The Morgan fingerprint density at radius 3 is 2.73 bits per heavy atom. The third kappa shape index (κ3) is 4.64. The number of hydrogen-bond donors (Lipinski definition) is 1. The number of phosphoric ester groups is 1. The molecule has 5 rings (SSSR count).